The Morgan fingerprint density at radius 3 is 2.88 bits per heavy atom. The first-order valence-corrected chi connectivity index (χ1v) is 11.7. The molecule has 0 saturated carbocycles. The molecule has 7 nitrogen and oxygen atoms in total. The molecule has 7 heteroatoms. The van der Waals surface area contributed by atoms with E-state index in [-0.39, 0.29) is 6.61 Å². The lowest BCUT2D eigenvalue weighted by atomic mass is 9.90. The first kappa shape index (κ1) is 22.4. The molecule has 1 unspecified atom stereocenters. The second-order valence-electron chi connectivity index (χ2n) is 8.90. The molecule has 1 atom stereocenters. The Morgan fingerprint density at radius 1 is 1.22 bits per heavy atom. The molecule has 1 aliphatic heterocycles. The van der Waals surface area contributed by atoms with Gasteiger partial charge in [-0.25, -0.2) is 9.97 Å². The molecule has 32 heavy (non-hydrogen) atoms. The number of aryl methyl sites for hydroxylation is 1. The maximum absolute atomic E-state index is 9.00. The van der Waals surface area contributed by atoms with E-state index in [1.165, 1.54) is 11.1 Å². The molecule has 0 saturated heterocycles. The molecule has 0 bridgehead atoms. The third-order valence-electron chi connectivity index (χ3n) is 6.09. The third kappa shape index (κ3) is 5.16. The average Bonchev–Trinajstić information content (AvgIpc) is 3.28. The number of nitrogens with zero attached hydrogens (tertiary/aromatic N) is 4. The highest BCUT2D eigenvalue weighted by molar-refractivity contribution is 5.64. The Bertz CT molecular complexity index is 1040. The zero-order valence-electron chi connectivity index (χ0n) is 19.3. The molecule has 0 fully saturated rings. The molecule has 170 valence electrons. The van der Waals surface area contributed by atoms with Crippen LogP contribution in [0.5, 0.6) is 0 Å². The van der Waals surface area contributed by atoms with Crippen molar-refractivity contribution in [1.82, 2.24) is 25.1 Å². The molecule has 4 rings (SSSR count). The van der Waals surface area contributed by atoms with E-state index in [4.69, 9.17) is 10.1 Å². The van der Waals surface area contributed by atoms with Gasteiger partial charge in [0.25, 0.3) is 0 Å². The fourth-order valence-corrected chi connectivity index (χ4v) is 4.29. The van der Waals surface area contributed by atoms with Crippen molar-refractivity contribution in [2.45, 2.75) is 65.0 Å². The van der Waals surface area contributed by atoms with Crippen LogP contribution < -0.4 is 10.6 Å². The van der Waals surface area contributed by atoms with Gasteiger partial charge in [0.05, 0.1) is 11.9 Å². The van der Waals surface area contributed by atoms with Gasteiger partial charge in [0.2, 0.25) is 5.95 Å². The molecule has 1 aromatic carbocycles. The molecule has 3 heterocycles. The number of rotatable bonds is 9. The van der Waals surface area contributed by atoms with Gasteiger partial charge in [0.1, 0.15) is 0 Å². The van der Waals surface area contributed by atoms with Gasteiger partial charge in [0.15, 0.2) is 0 Å². The van der Waals surface area contributed by atoms with Crippen LogP contribution in [0.1, 0.15) is 68.3 Å². The van der Waals surface area contributed by atoms with Crippen molar-refractivity contribution < 1.29 is 5.11 Å². The van der Waals surface area contributed by atoms with Gasteiger partial charge >= 0.3 is 0 Å². The van der Waals surface area contributed by atoms with Crippen LogP contribution in [0, 0.1) is 6.92 Å². The molecular formula is C25H34N6O. The van der Waals surface area contributed by atoms with E-state index < -0.39 is 0 Å². The summed E-state index contributed by atoms with van der Waals surface area (Å²) in [6.45, 7) is 7.53. The molecule has 2 aromatic heterocycles. The quantitative estimate of drug-likeness (QED) is 0.423. The van der Waals surface area contributed by atoms with Crippen molar-refractivity contribution in [1.29, 1.82) is 0 Å². The summed E-state index contributed by atoms with van der Waals surface area (Å²) in [5, 5.41) is 20.5. The van der Waals surface area contributed by atoms with Crippen LogP contribution >= 0.6 is 0 Å². The van der Waals surface area contributed by atoms with Crippen LogP contribution in [0.25, 0.3) is 11.3 Å². The van der Waals surface area contributed by atoms with Crippen molar-refractivity contribution in [3.63, 3.8) is 0 Å². The fourth-order valence-electron chi connectivity index (χ4n) is 4.29. The average molecular weight is 435 g/mol. The Hall–Kier alpha value is -2.77. The van der Waals surface area contributed by atoms with Crippen LogP contribution in [-0.4, -0.2) is 38.0 Å². The number of aliphatic hydroxyl groups excluding tert-OH is 1. The van der Waals surface area contributed by atoms with E-state index in [9.17, 15) is 0 Å². The minimum atomic E-state index is 0.284. The molecule has 0 spiro atoms. The Morgan fingerprint density at radius 2 is 2.09 bits per heavy atom. The molecular weight excluding hydrogens is 400 g/mol. The molecule has 0 aliphatic carbocycles. The number of benzene rings is 1. The highest BCUT2D eigenvalue weighted by atomic mass is 16.2. The summed E-state index contributed by atoms with van der Waals surface area (Å²) in [6.07, 6.45) is 11.0. The normalized spacial score (nSPS) is 15.7. The Labute approximate surface area is 190 Å². The largest absolute Gasteiger partial charge is 0.396 e. The van der Waals surface area contributed by atoms with Crippen LogP contribution in [0.4, 0.5) is 11.6 Å². The summed E-state index contributed by atoms with van der Waals surface area (Å²) in [5.74, 6) is 0.595. The van der Waals surface area contributed by atoms with Gasteiger partial charge < -0.3 is 15.7 Å². The summed E-state index contributed by atoms with van der Waals surface area (Å²) < 4.78 is 1.95. The number of anilines is 2. The fraction of sp³-hybridized carbons (Fsp3) is 0.480. The molecule has 0 radical (unpaired) electrons. The van der Waals surface area contributed by atoms with Crippen molar-refractivity contribution >= 4 is 11.6 Å². The number of fused-ring (bicyclic) bond motifs is 1. The Balaban J connectivity index is 1.50. The summed E-state index contributed by atoms with van der Waals surface area (Å²) in [7, 11) is 0. The zero-order chi connectivity index (χ0) is 22.5. The lowest BCUT2D eigenvalue weighted by Crippen LogP contribution is -2.29. The maximum Gasteiger partial charge on any atom is 0.227 e. The zero-order valence-corrected chi connectivity index (χ0v) is 19.3. The molecule has 3 N–H and O–H groups in total. The minimum Gasteiger partial charge on any atom is -0.396 e. The number of aliphatic hydroxyl groups is 1. The Kier molecular flexibility index (Phi) is 7.17. The predicted molar refractivity (Wildman–Crippen MR) is 128 cm³/mol. The topological polar surface area (TPSA) is 87.9 Å². The van der Waals surface area contributed by atoms with Gasteiger partial charge in [-0.1, -0.05) is 18.9 Å². The highest BCUT2D eigenvalue weighted by Gasteiger charge is 2.19. The van der Waals surface area contributed by atoms with Gasteiger partial charge in [-0.3, -0.25) is 4.68 Å². The number of unbranched alkanes of at least 4 members (excludes halogenated alkanes) is 2. The van der Waals surface area contributed by atoms with E-state index in [1.54, 1.807) is 0 Å². The van der Waals surface area contributed by atoms with E-state index in [2.05, 4.69) is 52.8 Å². The van der Waals surface area contributed by atoms with Crippen LogP contribution in [0.3, 0.4) is 0 Å². The van der Waals surface area contributed by atoms with Gasteiger partial charge in [-0.15, -0.1) is 0 Å². The minimum absolute atomic E-state index is 0.284. The second-order valence-corrected chi connectivity index (χ2v) is 8.90. The van der Waals surface area contributed by atoms with Crippen molar-refractivity contribution in [2.75, 3.05) is 18.5 Å². The van der Waals surface area contributed by atoms with Crippen molar-refractivity contribution in [3.05, 3.63) is 53.5 Å². The SMILES string of the molecule is Cc1cnc(Nc2ccc3c(c2)CCNC3CCCCCO)nc1-c1cnn(C(C)C)c1. The molecule has 3 aromatic rings. The smallest absolute Gasteiger partial charge is 0.227 e. The van der Waals surface area contributed by atoms with E-state index >= 15 is 0 Å². The third-order valence-corrected chi connectivity index (χ3v) is 6.09. The van der Waals surface area contributed by atoms with E-state index in [1.807, 2.05) is 30.2 Å². The van der Waals surface area contributed by atoms with Crippen molar-refractivity contribution in [2.24, 2.45) is 0 Å². The van der Waals surface area contributed by atoms with Crippen LogP contribution in [-0.2, 0) is 6.42 Å². The molecule has 1 aliphatic rings. The van der Waals surface area contributed by atoms with Crippen LogP contribution in [0.15, 0.2) is 36.8 Å². The lowest BCUT2D eigenvalue weighted by molar-refractivity contribution is 0.281. The lowest BCUT2D eigenvalue weighted by Gasteiger charge is -2.27. The van der Waals surface area contributed by atoms with Gasteiger partial charge in [0, 0.05) is 42.3 Å². The summed E-state index contributed by atoms with van der Waals surface area (Å²) >= 11 is 0. The van der Waals surface area contributed by atoms with E-state index in [0.717, 1.165) is 61.2 Å². The number of hydrogen-bond acceptors (Lipinski definition) is 6. The van der Waals surface area contributed by atoms with E-state index in [0.29, 0.717) is 18.0 Å². The standard InChI is InChI=1S/C25H34N6O/c1-17(2)31-16-20(15-28-31)24-18(3)14-27-25(30-24)29-21-8-9-22-19(13-21)10-11-26-23(22)7-5-4-6-12-32/h8-9,13-17,23,26,32H,4-7,10-12H2,1-3H3,(H,27,29,30). The second kappa shape index (κ2) is 10.2. The van der Waals surface area contributed by atoms with Gasteiger partial charge in [-0.2, -0.15) is 5.10 Å². The summed E-state index contributed by atoms with van der Waals surface area (Å²) in [6, 6.07) is 7.28. The number of nitrogens with one attached hydrogen (secondary N) is 2. The first-order chi connectivity index (χ1) is 15.5. The first-order valence-electron chi connectivity index (χ1n) is 11.7. The highest BCUT2D eigenvalue weighted by Crippen LogP contribution is 2.30. The summed E-state index contributed by atoms with van der Waals surface area (Å²) in [5.41, 5.74) is 6.71. The summed E-state index contributed by atoms with van der Waals surface area (Å²) in [4.78, 5) is 9.29. The number of aromatic nitrogens is 4. The van der Waals surface area contributed by atoms with Crippen LogP contribution in [0.2, 0.25) is 0 Å². The monoisotopic (exact) mass is 434 g/mol. The molecule has 0 amide bonds. The predicted octanol–water partition coefficient (Wildman–Crippen LogP) is 4.71. The number of hydrogen-bond donors (Lipinski definition) is 3. The van der Waals surface area contributed by atoms with Gasteiger partial charge in [-0.05, 0) is 75.4 Å². The maximum atomic E-state index is 9.00. The van der Waals surface area contributed by atoms with Crippen molar-refractivity contribution in [3.8, 4) is 11.3 Å².